The monoisotopic (exact) mass is 423 g/mol. The van der Waals surface area contributed by atoms with Crippen LogP contribution in [0, 0.1) is 6.92 Å². The zero-order valence-corrected chi connectivity index (χ0v) is 15.5. The lowest BCUT2D eigenvalue weighted by molar-refractivity contribution is 0.359. The number of benzene rings is 2. The smallest absolute Gasteiger partial charge is 0.193 e. The molecule has 0 aliphatic rings. The van der Waals surface area contributed by atoms with Gasteiger partial charge in [-0.05, 0) is 25.1 Å². The van der Waals surface area contributed by atoms with E-state index in [9.17, 15) is 0 Å². The second-order valence-corrected chi connectivity index (χ2v) is 4.90. The highest BCUT2D eigenvalue weighted by Gasteiger charge is 2.02. The number of aryl methyl sites for hydroxylation is 1. The molecule has 0 unspecified atom stereocenters. The Morgan fingerprint density at radius 2 is 1.91 bits per heavy atom. The normalized spacial score (nSPS) is 10.6. The quantitative estimate of drug-likeness (QED) is 0.318. The molecule has 0 aliphatic heterocycles. The fourth-order valence-corrected chi connectivity index (χ4v) is 1.92. The molecule has 4 nitrogen and oxygen atoms in total. The molecule has 2 rings (SSSR count). The first-order valence-electron chi connectivity index (χ1n) is 7.14. The number of rotatable bonds is 6. The molecule has 0 heterocycles. The van der Waals surface area contributed by atoms with Gasteiger partial charge in [-0.2, -0.15) is 0 Å². The molecule has 0 amide bonds. The van der Waals surface area contributed by atoms with E-state index >= 15 is 0 Å². The van der Waals surface area contributed by atoms with Gasteiger partial charge in [0.1, 0.15) is 12.4 Å². The Labute approximate surface area is 154 Å². The van der Waals surface area contributed by atoms with Gasteiger partial charge in [-0.3, -0.25) is 0 Å². The van der Waals surface area contributed by atoms with Crippen LogP contribution in [0.4, 0.5) is 5.69 Å². The van der Waals surface area contributed by atoms with E-state index in [4.69, 9.17) is 10.5 Å². The minimum Gasteiger partial charge on any atom is -0.489 e. The SMILES string of the molecule is C=CCOc1ccccc1CN=C(N)Nc1ccc(C)cc1.I. The standard InChI is InChI=1S/C18H21N3O.HI/c1-3-12-22-17-7-5-4-6-15(17)13-20-18(19)21-16-10-8-14(2)9-11-16;/h3-11H,1,12-13H2,2H3,(H3,19,20,21);1H. The minimum atomic E-state index is 0. The second kappa shape index (κ2) is 9.89. The van der Waals surface area contributed by atoms with Crippen molar-refractivity contribution < 1.29 is 4.74 Å². The highest BCUT2D eigenvalue weighted by atomic mass is 127. The summed E-state index contributed by atoms with van der Waals surface area (Å²) < 4.78 is 5.60. The summed E-state index contributed by atoms with van der Waals surface area (Å²) in [6.07, 6.45) is 1.72. The van der Waals surface area contributed by atoms with Gasteiger partial charge in [-0.15, -0.1) is 24.0 Å². The molecule has 3 N–H and O–H groups in total. The summed E-state index contributed by atoms with van der Waals surface area (Å²) in [6.45, 7) is 6.62. The molecule has 0 fully saturated rings. The van der Waals surface area contributed by atoms with Crippen LogP contribution in [0.25, 0.3) is 0 Å². The highest BCUT2D eigenvalue weighted by molar-refractivity contribution is 14.0. The summed E-state index contributed by atoms with van der Waals surface area (Å²) in [4.78, 5) is 4.36. The topological polar surface area (TPSA) is 59.6 Å². The molecule has 23 heavy (non-hydrogen) atoms. The van der Waals surface area contributed by atoms with Gasteiger partial charge in [0.05, 0.1) is 6.54 Å². The van der Waals surface area contributed by atoms with Crippen molar-refractivity contribution in [1.29, 1.82) is 0 Å². The van der Waals surface area contributed by atoms with E-state index in [1.165, 1.54) is 5.56 Å². The van der Waals surface area contributed by atoms with Gasteiger partial charge in [0.2, 0.25) is 0 Å². The van der Waals surface area contributed by atoms with Crippen molar-refractivity contribution in [2.45, 2.75) is 13.5 Å². The first-order chi connectivity index (χ1) is 10.7. The maximum absolute atomic E-state index is 5.92. The number of ether oxygens (including phenoxy) is 1. The fraction of sp³-hybridized carbons (Fsp3) is 0.167. The van der Waals surface area contributed by atoms with Crippen molar-refractivity contribution >= 4 is 35.6 Å². The predicted octanol–water partition coefficient (Wildman–Crippen LogP) is 4.10. The van der Waals surface area contributed by atoms with Gasteiger partial charge in [-0.1, -0.05) is 48.6 Å². The molecule has 5 heteroatoms. The zero-order valence-electron chi connectivity index (χ0n) is 13.2. The van der Waals surface area contributed by atoms with Crippen LogP contribution >= 0.6 is 24.0 Å². The molecule has 0 aromatic heterocycles. The number of aliphatic imine (C=N–C) groups is 1. The Hall–Kier alpha value is -2.02. The third kappa shape index (κ3) is 6.32. The molecule has 2 aromatic rings. The van der Waals surface area contributed by atoms with Gasteiger partial charge in [0, 0.05) is 11.3 Å². The molecule has 122 valence electrons. The molecule has 0 saturated carbocycles. The lowest BCUT2D eigenvalue weighted by atomic mass is 10.2. The third-order valence-corrected chi connectivity index (χ3v) is 3.07. The minimum absolute atomic E-state index is 0. The van der Waals surface area contributed by atoms with E-state index in [1.54, 1.807) is 6.08 Å². The third-order valence-electron chi connectivity index (χ3n) is 3.07. The Kier molecular flexibility index (Phi) is 8.18. The predicted molar refractivity (Wildman–Crippen MR) is 108 cm³/mol. The van der Waals surface area contributed by atoms with Crippen molar-refractivity contribution in [2.75, 3.05) is 11.9 Å². The Morgan fingerprint density at radius 1 is 1.22 bits per heavy atom. The van der Waals surface area contributed by atoms with Gasteiger partial charge in [-0.25, -0.2) is 4.99 Å². The molecule has 0 saturated heterocycles. The van der Waals surface area contributed by atoms with Crippen LogP contribution < -0.4 is 15.8 Å². The van der Waals surface area contributed by atoms with Gasteiger partial charge < -0.3 is 15.8 Å². The Balaban J connectivity index is 0.00000264. The number of guanidine groups is 1. The zero-order chi connectivity index (χ0) is 15.8. The second-order valence-electron chi connectivity index (χ2n) is 4.90. The van der Waals surface area contributed by atoms with Crippen LogP contribution in [0.5, 0.6) is 5.75 Å². The molecule has 0 bridgehead atoms. The molecule has 2 aromatic carbocycles. The van der Waals surface area contributed by atoms with Crippen molar-refractivity contribution in [2.24, 2.45) is 10.7 Å². The Morgan fingerprint density at radius 3 is 2.61 bits per heavy atom. The summed E-state index contributed by atoms with van der Waals surface area (Å²) in [6, 6.07) is 15.8. The maximum Gasteiger partial charge on any atom is 0.193 e. The Bertz CT molecular complexity index is 654. The van der Waals surface area contributed by atoms with Crippen LogP contribution in [0.2, 0.25) is 0 Å². The summed E-state index contributed by atoms with van der Waals surface area (Å²) in [5, 5.41) is 3.07. The summed E-state index contributed by atoms with van der Waals surface area (Å²) >= 11 is 0. The fourth-order valence-electron chi connectivity index (χ4n) is 1.92. The van der Waals surface area contributed by atoms with E-state index in [2.05, 4.69) is 16.9 Å². The van der Waals surface area contributed by atoms with E-state index < -0.39 is 0 Å². The summed E-state index contributed by atoms with van der Waals surface area (Å²) in [7, 11) is 0. The van der Waals surface area contributed by atoms with E-state index in [1.807, 2.05) is 55.5 Å². The van der Waals surface area contributed by atoms with Gasteiger partial charge in [0.25, 0.3) is 0 Å². The van der Waals surface area contributed by atoms with Gasteiger partial charge in [0.15, 0.2) is 5.96 Å². The van der Waals surface area contributed by atoms with Crippen molar-refractivity contribution in [3.63, 3.8) is 0 Å². The number of anilines is 1. The number of halogens is 1. The number of para-hydroxylation sites is 1. The molecule has 0 aliphatic carbocycles. The lowest BCUT2D eigenvalue weighted by Gasteiger charge is -2.09. The highest BCUT2D eigenvalue weighted by Crippen LogP contribution is 2.19. The van der Waals surface area contributed by atoms with Crippen molar-refractivity contribution in [3.05, 3.63) is 72.3 Å². The van der Waals surface area contributed by atoms with Gasteiger partial charge >= 0.3 is 0 Å². The summed E-state index contributed by atoms with van der Waals surface area (Å²) in [5.41, 5.74) is 9.03. The summed E-state index contributed by atoms with van der Waals surface area (Å²) in [5.74, 6) is 1.18. The van der Waals surface area contributed by atoms with E-state index in [0.717, 1.165) is 17.0 Å². The van der Waals surface area contributed by atoms with E-state index in [0.29, 0.717) is 19.1 Å². The molecular weight excluding hydrogens is 401 g/mol. The first kappa shape index (κ1) is 19.0. The number of nitrogens with two attached hydrogens (primary N) is 1. The number of hydrogen-bond donors (Lipinski definition) is 2. The lowest BCUT2D eigenvalue weighted by Crippen LogP contribution is -2.22. The van der Waals surface area contributed by atoms with Crippen LogP contribution in [0.1, 0.15) is 11.1 Å². The number of hydrogen-bond acceptors (Lipinski definition) is 2. The van der Waals surface area contributed by atoms with Crippen molar-refractivity contribution in [1.82, 2.24) is 0 Å². The van der Waals surface area contributed by atoms with Crippen LogP contribution in [-0.2, 0) is 6.54 Å². The molecule has 0 atom stereocenters. The molecule has 0 radical (unpaired) electrons. The average molecular weight is 423 g/mol. The van der Waals surface area contributed by atoms with E-state index in [-0.39, 0.29) is 24.0 Å². The molecular formula is C18H22IN3O. The van der Waals surface area contributed by atoms with Crippen LogP contribution in [0.3, 0.4) is 0 Å². The number of nitrogens with zero attached hydrogens (tertiary/aromatic N) is 1. The largest absolute Gasteiger partial charge is 0.489 e. The van der Waals surface area contributed by atoms with Crippen LogP contribution in [0.15, 0.2) is 66.2 Å². The average Bonchev–Trinajstić information content (AvgIpc) is 2.54. The maximum atomic E-state index is 5.92. The van der Waals surface area contributed by atoms with Crippen molar-refractivity contribution in [3.8, 4) is 5.75 Å². The number of nitrogens with one attached hydrogen (secondary N) is 1. The van der Waals surface area contributed by atoms with Crippen LogP contribution in [-0.4, -0.2) is 12.6 Å². The molecule has 0 spiro atoms. The first-order valence-corrected chi connectivity index (χ1v) is 7.14.